The number of carbonyl (C=O) groups excluding carboxylic acids is 1. The molecule has 7 heteroatoms. The number of unbranched alkanes of at least 4 members (excludes halogenated alkanes) is 2. The van der Waals surface area contributed by atoms with Crippen molar-refractivity contribution in [3.8, 4) is 17.6 Å². The minimum atomic E-state index is -0.584. The van der Waals surface area contributed by atoms with Gasteiger partial charge >= 0.3 is 5.97 Å². The van der Waals surface area contributed by atoms with Crippen LogP contribution in [0.15, 0.2) is 31.7 Å². The van der Waals surface area contributed by atoms with E-state index in [0.29, 0.717) is 29.3 Å². The second-order valence-corrected chi connectivity index (χ2v) is 11.2. The standard InChI is InChI=1S/C28H41NO4S2/c1-6-11-13-20(8-3)18-32-23-15-16-24(33-19-21(9-4)14-12-7-2)26-25(23)34-28(35-26)22(17-29)27(30)31-10-5/h15-16,20-21H,6-14,18-19H2,1-5H3. The maximum atomic E-state index is 12.4. The van der Waals surface area contributed by atoms with Crippen molar-refractivity contribution in [3.05, 3.63) is 21.9 Å². The molecule has 0 aromatic heterocycles. The maximum absolute atomic E-state index is 12.4. The maximum Gasteiger partial charge on any atom is 0.350 e. The molecule has 0 amide bonds. The number of hydrogen-bond donors (Lipinski definition) is 0. The first-order valence-electron chi connectivity index (χ1n) is 13.1. The van der Waals surface area contributed by atoms with Crippen LogP contribution in [0.5, 0.6) is 11.5 Å². The highest BCUT2D eigenvalue weighted by Crippen LogP contribution is 2.59. The highest BCUT2D eigenvalue weighted by molar-refractivity contribution is 8.24. The third-order valence-corrected chi connectivity index (χ3v) is 8.89. The van der Waals surface area contributed by atoms with E-state index in [2.05, 4.69) is 27.7 Å². The van der Waals surface area contributed by atoms with Crippen LogP contribution in [0.2, 0.25) is 0 Å². The number of nitrogens with zero attached hydrogens (tertiary/aromatic N) is 1. The lowest BCUT2D eigenvalue weighted by atomic mass is 10.0. The topological polar surface area (TPSA) is 68.5 Å². The largest absolute Gasteiger partial charge is 0.492 e. The van der Waals surface area contributed by atoms with Crippen molar-refractivity contribution in [1.29, 1.82) is 5.26 Å². The second-order valence-electron chi connectivity index (χ2n) is 8.87. The van der Waals surface area contributed by atoms with Crippen LogP contribution in [0.1, 0.15) is 86.0 Å². The summed E-state index contributed by atoms with van der Waals surface area (Å²) in [6, 6.07) is 5.99. The number of benzene rings is 1. The molecule has 1 aliphatic heterocycles. The quantitative estimate of drug-likeness (QED) is 0.123. The van der Waals surface area contributed by atoms with Gasteiger partial charge in [-0.25, -0.2) is 4.79 Å². The SMILES string of the molecule is CCCCC(CC)COc1ccc(OCC(CC)CCCC)c2c1SC(=C(C#N)C(=O)OCC)S2. The Morgan fingerprint density at radius 3 is 1.74 bits per heavy atom. The van der Waals surface area contributed by atoms with E-state index in [9.17, 15) is 10.1 Å². The summed E-state index contributed by atoms with van der Waals surface area (Å²) in [6.45, 7) is 12.1. The van der Waals surface area contributed by atoms with Crippen molar-refractivity contribution in [3.63, 3.8) is 0 Å². The van der Waals surface area contributed by atoms with Crippen LogP contribution in [0, 0.1) is 23.2 Å². The average Bonchev–Trinajstić information content (AvgIpc) is 3.31. The molecule has 0 fully saturated rings. The van der Waals surface area contributed by atoms with E-state index in [1.807, 2.05) is 18.2 Å². The Kier molecular flexibility index (Phi) is 13.5. The molecule has 0 bridgehead atoms. The van der Waals surface area contributed by atoms with Gasteiger partial charge in [0.2, 0.25) is 0 Å². The van der Waals surface area contributed by atoms with Crippen molar-refractivity contribution in [2.24, 2.45) is 11.8 Å². The molecule has 0 N–H and O–H groups in total. The zero-order valence-electron chi connectivity index (χ0n) is 22.0. The zero-order valence-corrected chi connectivity index (χ0v) is 23.6. The van der Waals surface area contributed by atoms with Crippen LogP contribution < -0.4 is 9.47 Å². The molecule has 194 valence electrons. The molecule has 1 aromatic rings. The van der Waals surface area contributed by atoms with Gasteiger partial charge in [0.15, 0.2) is 5.57 Å². The van der Waals surface area contributed by atoms with Gasteiger partial charge in [0.1, 0.15) is 17.6 Å². The van der Waals surface area contributed by atoms with Crippen LogP contribution in [0.25, 0.3) is 0 Å². The predicted molar refractivity (Wildman–Crippen MR) is 145 cm³/mol. The summed E-state index contributed by atoms with van der Waals surface area (Å²) in [5.74, 6) is 2.00. The molecule has 5 nitrogen and oxygen atoms in total. The van der Waals surface area contributed by atoms with E-state index in [1.165, 1.54) is 49.2 Å². The molecular weight excluding hydrogens is 478 g/mol. The van der Waals surface area contributed by atoms with Gasteiger partial charge in [-0.3, -0.25) is 0 Å². The van der Waals surface area contributed by atoms with E-state index >= 15 is 0 Å². The lowest BCUT2D eigenvalue weighted by molar-refractivity contribution is -0.138. The molecule has 0 saturated heterocycles. The number of carbonyl (C=O) groups is 1. The van der Waals surface area contributed by atoms with Gasteiger partial charge < -0.3 is 14.2 Å². The van der Waals surface area contributed by atoms with E-state index < -0.39 is 5.97 Å². The zero-order chi connectivity index (χ0) is 25.6. The van der Waals surface area contributed by atoms with Gasteiger partial charge in [-0.15, -0.1) is 0 Å². The van der Waals surface area contributed by atoms with Crippen LogP contribution in [0.4, 0.5) is 0 Å². The molecule has 2 rings (SSSR count). The molecule has 2 atom stereocenters. The van der Waals surface area contributed by atoms with Gasteiger partial charge in [0.05, 0.1) is 33.8 Å². The van der Waals surface area contributed by atoms with Gasteiger partial charge in [0, 0.05) is 0 Å². The summed E-state index contributed by atoms with van der Waals surface area (Å²) in [6.07, 6.45) is 9.22. The molecule has 0 spiro atoms. The van der Waals surface area contributed by atoms with Crippen molar-refractivity contribution in [2.45, 2.75) is 95.8 Å². The number of rotatable bonds is 16. The molecule has 1 aromatic carbocycles. The molecule has 35 heavy (non-hydrogen) atoms. The number of nitriles is 1. The highest BCUT2D eigenvalue weighted by atomic mass is 32.2. The Morgan fingerprint density at radius 2 is 1.37 bits per heavy atom. The first kappa shape index (κ1) is 29.5. The van der Waals surface area contributed by atoms with Crippen LogP contribution in [-0.4, -0.2) is 25.8 Å². The van der Waals surface area contributed by atoms with Crippen LogP contribution in [0.3, 0.4) is 0 Å². The van der Waals surface area contributed by atoms with Gasteiger partial charge in [-0.1, -0.05) is 89.7 Å². The Hall–Kier alpha value is -1.78. The Balaban J connectivity index is 2.32. The molecule has 1 heterocycles. The van der Waals surface area contributed by atoms with Crippen LogP contribution >= 0.6 is 23.5 Å². The van der Waals surface area contributed by atoms with E-state index in [1.54, 1.807) is 6.92 Å². The fourth-order valence-electron chi connectivity index (χ4n) is 3.84. The summed E-state index contributed by atoms with van der Waals surface area (Å²) in [4.78, 5) is 14.2. The van der Waals surface area contributed by atoms with Crippen molar-refractivity contribution < 1.29 is 19.0 Å². The molecule has 0 radical (unpaired) electrons. The van der Waals surface area contributed by atoms with Gasteiger partial charge in [-0.05, 0) is 43.7 Å². The summed E-state index contributed by atoms with van der Waals surface area (Å²) < 4.78 is 18.4. The monoisotopic (exact) mass is 519 g/mol. The highest BCUT2D eigenvalue weighted by Gasteiger charge is 2.31. The molecule has 2 unspecified atom stereocenters. The summed E-state index contributed by atoms with van der Waals surface area (Å²) in [5.41, 5.74) is 0.0405. The lowest BCUT2D eigenvalue weighted by Gasteiger charge is -2.19. The van der Waals surface area contributed by atoms with E-state index in [0.717, 1.165) is 47.0 Å². The number of ether oxygens (including phenoxy) is 3. The minimum absolute atomic E-state index is 0.0405. The Bertz CT molecular complexity index is 843. The average molecular weight is 520 g/mol. The number of esters is 1. The summed E-state index contributed by atoms with van der Waals surface area (Å²) >= 11 is 2.82. The van der Waals surface area contributed by atoms with Crippen molar-refractivity contribution in [1.82, 2.24) is 0 Å². The number of fused-ring (bicyclic) bond motifs is 1. The molecule has 1 aliphatic rings. The lowest BCUT2D eigenvalue weighted by Crippen LogP contribution is -2.13. The first-order chi connectivity index (χ1) is 17.0. The normalized spacial score (nSPS) is 14.1. The number of thioether (sulfide) groups is 2. The van der Waals surface area contributed by atoms with E-state index in [-0.39, 0.29) is 12.2 Å². The van der Waals surface area contributed by atoms with Gasteiger partial charge in [-0.2, -0.15) is 5.26 Å². The molecule has 0 saturated carbocycles. The molecular formula is C28H41NO4S2. The Labute approximate surface area is 220 Å². The second kappa shape index (κ2) is 16.1. The number of hydrogen-bond acceptors (Lipinski definition) is 7. The van der Waals surface area contributed by atoms with Crippen molar-refractivity contribution >= 4 is 29.5 Å². The first-order valence-corrected chi connectivity index (χ1v) is 14.8. The van der Waals surface area contributed by atoms with Gasteiger partial charge in [0.25, 0.3) is 0 Å². The van der Waals surface area contributed by atoms with Crippen LogP contribution in [-0.2, 0) is 9.53 Å². The summed E-state index contributed by atoms with van der Waals surface area (Å²) in [7, 11) is 0. The minimum Gasteiger partial charge on any atom is -0.492 e. The fourth-order valence-corrected chi connectivity index (χ4v) is 6.44. The predicted octanol–water partition coefficient (Wildman–Crippen LogP) is 8.37. The molecule has 0 aliphatic carbocycles. The fraction of sp³-hybridized carbons (Fsp3) is 0.643. The summed E-state index contributed by atoms with van der Waals surface area (Å²) in [5, 5.41) is 9.68. The Morgan fingerprint density at radius 1 is 0.886 bits per heavy atom. The third kappa shape index (κ3) is 8.68. The smallest absolute Gasteiger partial charge is 0.350 e. The van der Waals surface area contributed by atoms with Crippen molar-refractivity contribution in [2.75, 3.05) is 19.8 Å². The third-order valence-electron chi connectivity index (χ3n) is 6.26. The van der Waals surface area contributed by atoms with E-state index in [4.69, 9.17) is 14.2 Å².